The Hall–Kier alpha value is -0.290. The third-order valence-corrected chi connectivity index (χ3v) is 2.89. The van der Waals surface area contributed by atoms with Crippen LogP contribution in [0.5, 0.6) is 0 Å². The van der Waals surface area contributed by atoms with Crippen molar-refractivity contribution >= 4 is 10.0 Å². The van der Waals surface area contributed by atoms with E-state index < -0.39 is 35.1 Å². The minimum atomic E-state index is -3.96. The van der Waals surface area contributed by atoms with Gasteiger partial charge in [-0.05, 0) is 0 Å². The van der Waals surface area contributed by atoms with Crippen molar-refractivity contribution in [3.05, 3.63) is 0 Å². The summed E-state index contributed by atoms with van der Waals surface area (Å²) in [5, 5.41) is 36.2. The summed E-state index contributed by atoms with van der Waals surface area (Å²) in [7, 11) is -3.96. The molecular weight excluding hydrogens is 218 g/mol. The average molecular weight is 229 g/mol. The molecule has 0 saturated carbocycles. The van der Waals surface area contributed by atoms with Crippen LogP contribution >= 0.6 is 0 Å². The summed E-state index contributed by atoms with van der Waals surface area (Å²) < 4.78 is 26.5. The van der Waals surface area contributed by atoms with E-state index in [-0.39, 0.29) is 4.31 Å². The Morgan fingerprint density at radius 1 is 1.07 bits per heavy atom. The van der Waals surface area contributed by atoms with Gasteiger partial charge in [-0.1, -0.05) is 0 Å². The number of rotatable bonds is 1. The molecule has 0 aliphatic carbocycles. The highest BCUT2D eigenvalue weighted by Gasteiger charge is 2.45. The van der Waals surface area contributed by atoms with Crippen LogP contribution in [0.25, 0.3) is 0 Å². The lowest BCUT2D eigenvalue weighted by Crippen LogP contribution is -2.62. The largest absolute Gasteiger partial charge is 0.372 e. The van der Waals surface area contributed by atoms with Gasteiger partial charge in [-0.15, -0.1) is 4.31 Å². The normalized spacial score (nSPS) is 41.2. The zero-order valence-electron chi connectivity index (χ0n) is 7.18. The number of morpholine rings is 1. The zero-order chi connectivity index (χ0) is 11.1. The second kappa shape index (κ2) is 3.70. The van der Waals surface area contributed by atoms with Crippen LogP contribution in [0.3, 0.4) is 0 Å². The molecule has 1 fully saturated rings. The molecule has 4 N–H and O–H groups in total. The summed E-state index contributed by atoms with van der Waals surface area (Å²) in [6.07, 6.45) is -6.97. The van der Waals surface area contributed by atoms with Gasteiger partial charge in [0.25, 0.3) is 0 Å². The van der Waals surface area contributed by atoms with Gasteiger partial charge in [0, 0.05) is 0 Å². The molecule has 0 radical (unpaired) electrons. The SMILES string of the molecule is CS(=O)(=O)N1C(O)C(O)OC(O)C1O. The first-order valence-corrected chi connectivity index (χ1v) is 5.46. The van der Waals surface area contributed by atoms with Gasteiger partial charge in [0.1, 0.15) is 0 Å². The first-order valence-electron chi connectivity index (χ1n) is 3.61. The smallest absolute Gasteiger partial charge is 0.215 e. The molecule has 14 heavy (non-hydrogen) atoms. The molecule has 0 aromatic carbocycles. The fraction of sp³-hybridized carbons (Fsp3) is 1.00. The molecule has 1 aliphatic heterocycles. The minimum Gasteiger partial charge on any atom is -0.372 e. The van der Waals surface area contributed by atoms with E-state index >= 15 is 0 Å². The molecule has 4 atom stereocenters. The molecule has 0 aromatic rings. The molecule has 9 heteroatoms. The van der Waals surface area contributed by atoms with Crippen molar-refractivity contribution in [2.45, 2.75) is 25.0 Å². The van der Waals surface area contributed by atoms with Gasteiger partial charge in [0.05, 0.1) is 6.26 Å². The van der Waals surface area contributed by atoms with Crippen LogP contribution in [-0.4, -0.2) is 64.4 Å². The number of aliphatic hydroxyl groups excluding tert-OH is 4. The molecule has 8 nitrogen and oxygen atoms in total. The number of ether oxygens (including phenoxy) is 1. The predicted molar refractivity (Wildman–Crippen MR) is 41.8 cm³/mol. The second-order valence-electron chi connectivity index (χ2n) is 2.84. The fourth-order valence-corrected chi connectivity index (χ4v) is 2.08. The van der Waals surface area contributed by atoms with Gasteiger partial charge >= 0.3 is 0 Å². The highest BCUT2D eigenvalue weighted by Crippen LogP contribution is 2.21. The van der Waals surface area contributed by atoms with Crippen LogP contribution < -0.4 is 0 Å². The predicted octanol–water partition coefficient (Wildman–Crippen LogP) is -3.45. The molecular formula is C5H11NO7S. The first kappa shape index (κ1) is 11.8. The number of aliphatic hydroxyl groups is 4. The van der Waals surface area contributed by atoms with E-state index in [0.29, 0.717) is 6.26 Å². The minimum absolute atomic E-state index is 0.159. The summed E-state index contributed by atoms with van der Waals surface area (Å²) in [5.74, 6) is 0. The maximum absolute atomic E-state index is 11.0. The van der Waals surface area contributed by atoms with E-state index in [1.807, 2.05) is 0 Å². The summed E-state index contributed by atoms with van der Waals surface area (Å²) in [6, 6.07) is 0. The Kier molecular flexibility index (Phi) is 3.11. The average Bonchev–Trinajstić information content (AvgIpc) is 1.98. The van der Waals surface area contributed by atoms with Crippen LogP contribution in [0, 0.1) is 0 Å². The molecule has 0 aromatic heterocycles. The lowest BCUT2D eigenvalue weighted by atomic mass is 10.4. The van der Waals surface area contributed by atoms with E-state index in [4.69, 9.17) is 20.4 Å². The topological polar surface area (TPSA) is 128 Å². The molecule has 1 rings (SSSR count). The summed E-state index contributed by atoms with van der Waals surface area (Å²) in [4.78, 5) is 0. The Morgan fingerprint density at radius 3 is 1.71 bits per heavy atom. The molecule has 4 unspecified atom stereocenters. The van der Waals surface area contributed by atoms with Crippen LogP contribution in [0.15, 0.2) is 0 Å². The summed E-state index contributed by atoms with van der Waals surface area (Å²) in [5.41, 5.74) is 0. The van der Waals surface area contributed by atoms with Crippen molar-refractivity contribution in [3.8, 4) is 0 Å². The number of nitrogens with zero attached hydrogens (tertiary/aromatic N) is 1. The Balaban J connectivity index is 3.00. The quantitative estimate of drug-likeness (QED) is 0.368. The van der Waals surface area contributed by atoms with E-state index in [1.54, 1.807) is 0 Å². The van der Waals surface area contributed by atoms with Crippen molar-refractivity contribution in [3.63, 3.8) is 0 Å². The van der Waals surface area contributed by atoms with Crippen molar-refractivity contribution in [2.24, 2.45) is 0 Å². The lowest BCUT2D eigenvalue weighted by molar-refractivity contribution is -0.341. The van der Waals surface area contributed by atoms with Crippen LogP contribution in [0.2, 0.25) is 0 Å². The van der Waals surface area contributed by atoms with E-state index in [1.165, 1.54) is 0 Å². The highest BCUT2D eigenvalue weighted by molar-refractivity contribution is 7.88. The molecule has 0 bridgehead atoms. The van der Waals surface area contributed by atoms with Crippen LogP contribution in [0.1, 0.15) is 0 Å². The monoisotopic (exact) mass is 229 g/mol. The second-order valence-corrected chi connectivity index (χ2v) is 4.73. The molecule has 1 aliphatic rings. The van der Waals surface area contributed by atoms with Crippen LogP contribution in [0.4, 0.5) is 0 Å². The standard InChI is InChI=1S/C5H11NO7S/c1-14(11,12)6-2(7)4(9)13-5(10)3(6)8/h2-5,7-10H,1H3. The number of sulfonamides is 1. The van der Waals surface area contributed by atoms with E-state index in [9.17, 15) is 8.42 Å². The first-order chi connectivity index (χ1) is 6.25. The number of hydrogen-bond acceptors (Lipinski definition) is 7. The van der Waals surface area contributed by atoms with E-state index in [0.717, 1.165) is 0 Å². The third kappa shape index (κ3) is 2.03. The summed E-state index contributed by atoms with van der Waals surface area (Å²) >= 11 is 0. The molecule has 1 saturated heterocycles. The third-order valence-electron chi connectivity index (χ3n) is 1.69. The van der Waals surface area contributed by atoms with Crippen molar-refractivity contribution in [1.82, 2.24) is 4.31 Å². The van der Waals surface area contributed by atoms with Crippen LogP contribution in [-0.2, 0) is 14.8 Å². The molecule has 84 valence electrons. The Morgan fingerprint density at radius 2 is 1.43 bits per heavy atom. The Labute approximate surface area is 80.0 Å². The van der Waals surface area contributed by atoms with Crippen molar-refractivity contribution in [1.29, 1.82) is 0 Å². The number of hydrogen-bond donors (Lipinski definition) is 4. The summed E-state index contributed by atoms with van der Waals surface area (Å²) in [6.45, 7) is 0. The molecule has 1 heterocycles. The highest BCUT2D eigenvalue weighted by atomic mass is 32.2. The van der Waals surface area contributed by atoms with Crippen molar-refractivity contribution in [2.75, 3.05) is 6.26 Å². The van der Waals surface area contributed by atoms with Gasteiger partial charge in [0.2, 0.25) is 10.0 Å². The molecule has 0 amide bonds. The van der Waals surface area contributed by atoms with Gasteiger partial charge in [-0.25, -0.2) is 8.42 Å². The van der Waals surface area contributed by atoms with Crippen molar-refractivity contribution < 1.29 is 33.6 Å². The maximum atomic E-state index is 11.0. The van der Waals surface area contributed by atoms with E-state index in [2.05, 4.69) is 4.74 Å². The van der Waals surface area contributed by atoms with Gasteiger partial charge < -0.3 is 25.2 Å². The van der Waals surface area contributed by atoms with Gasteiger partial charge in [-0.3, -0.25) is 0 Å². The van der Waals surface area contributed by atoms with Gasteiger partial charge in [-0.2, -0.15) is 0 Å². The molecule has 0 spiro atoms. The van der Waals surface area contributed by atoms with Gasteiger partial charge in [0.15, 0.2) is 25.0 Å². The fourth-order valence-electron chi connectivity index (χ4n) is 1.08. The zero-order valence-corrected chi connectivity index (χ0v) is 7.99. The maximum Gasteiger partial charge on any atom is 0.215 e. The Bertz CT molecular complexity index is 289. The lowest BCUT2D eigenvalue weighted by Gasteiger charge is -2.39.